The van der Waals surface area contributed by atoms with Crippen molar-refractivity contribution in [2.45, 2.75) is 20.0 Å². The molecule has 0 aliphatic heterocycles. The number of carbonyl (C=O) groups is 1. The highest BCUT2D eigenvalue weighted by Gasteiger charge is 2.33. The van der Waals surface area contributed by atoms with Gasteiger partial charge >= 0.3 is 12.1 Å². The topological polar surface area (TPSA) is 95.4 Å². The van der Waals surface area contributed by atoms with Crippen LogP contribution in [0.2, 0.25) is 0 Å². The molecule has 0 atom stereocenters. The lowest BCUT2D eigenvalue weighted by Gasteiger charge is -2.15. The van der Waals surface area contributed by atoms with Crippen LogP contribution in [-0.4, -0.2) is 31.9 Å². The number of halogens is 4. The summed E-state index contributed by atoms with van der Waals surface area (Å²) in [5.74, 6) is -1.41. The van der Waals surface area contributed by atoms with E-state index in [0.717, 1.165) is 6.07 Å². The molecule has 11 heteroatoms. The number of carbonyl (C=O) groups excluding carboxylic acids is 1. The lowest BCUT2D eigenvalue weighted by atomic mass is 10.0. The Labute approximate surface area is 184 Å². The molecule has 2 N–H and O–H groups in total. The van der Waals surface area contributed by atoms with E-state index in [4.69, 9.17) is 10.5 Å². The highest BCUT2D eigenvalue weighted by Crippen LogP contribution is 2.37. The molecule has 0 fully saturated rings. The number of anilines is 1. The normalized spacial score (nSPS) is 11.7. The molecular weight excluding hydrogens is 442 g/mol. The molecule has 0 aliphatic rings. The molecule has 0 spiro atoms. The van der Waals surface area contributed by atoms with Crippen LogP contribution in [0.15, 0.2) is 42.6 Å². The zero-order chi connectivity index (χ0) is 23.9. The lowest BCUT2D eigenvalue weighted by molar-refractivity contribution is -0.141. The van der Waals surface area contributed by atoms with Gasteiger partial charge in [0, 0.05) is 23.0 Å². The Morgan fingerprint density at radius 2 is 1.88 bits per heavy atom. The molecule has 170 valence electrons. The smallest absolute Gasteiger partial charge is 0.433 e. The fourth-order valence-electron chi connectivity index (χ4n) is 3.44. The van der Waals surface area contributed by atoms with Gasteiger partial charge in [-0.3, -0.25) is 4.40 Å². The van der Waals surface area contributed by atoms with Crippen LogP contribution in [0.3, 0.4) is 0 Å². The SMILES string of the molecule is CCOC(=O)c1cn2c(-c3cc(C)nc(C(F)(F)F)c3)c(-c3cccc(F)c3)nc(N)c2n1. The van der Waals surface area contributed by atoms with E-state index in [1.54, 1.807) is 13.0 Å². The lowest BCUT2D eigenvalue weighted by Crippen LogP contribution is -2.10. The summed E-state index contributed by atoms with van der Waals surface area (Å²) in [6, 6.07) is 7.66. The molecule has 0 radical (unpaired) electrons. The minimum Gasteiger partial charge on any atom is -0.461 e. The number of rotatable bonds is 4. The van der Waals surface area contributed by atoms with Gasteiger partial charge in [-0.05, 0) is 38.1 Å². The summed E-state index contributed by atoms with van der Waals surface area (Å²) < 4.78 is 60.8. The van der Waals surface area contributed by atoms with Gasteiger partial charge in [0.25, 0.3) is 0 Å². The molecule has 0 saturated heterocycles. The maximum atomic E-state index is 14.0. The van der Waals surface area contributed by atoms with E-state index in [-0.39, 0.29) is 52.0 Å². The Kier molecular flexibility index (Phi) is 5.48. The van der Waals surface area contributed by atoms with Gasteiger partial charge in [-0.15, -0.1) is 0 Å². The van der Waals surface area contributed by atoms with Crippen LogP contribution >= 0.6 is 0 Å². The summed E-state index contributed by atoms with van der Waals surface area (Å²) in [6.45, 7) is 3.14. The number of aromatic nitrogens is 4. The quantitative estimate of drug-likeness (QED) is 0.352. The van der Waals surface area contributed by atoms with Crippen molar-refractivity contribution in [1.29, 1.82) is 0 Å². The monoisotopic (exact) mass is 459 g/mol. The van der Waals surface area contributed by atoms with Crippen molar-refractivity contribution in [3.63, 3.8) is 0 Å². The number of benzene rings is 1. The number of hydrogen-bond acceptors (Lipinski definition) is 6. The number of alkyl halides is 3. The van der Waals surface area contributed by atoms with Gasteiger partial charge in [0.05, 0.1) is 18.0 Å². The molecule has 0 saturated carbocycles. The summed E-state index contributed by atoms with van der Waals surface area (Å²) in [6.07, 6.45) is -3.41. The Morgan fingerprint density at radius 1 is 1.12 bits per heavy atom. The standard InChI is InChI=1S/C22H17F4N5O2/c1-3-33-21(32)15-10-31-18(13-7-11(2)28-16(9-13)22(24,25)26)17(30-19(27)20(31)29-15)12-5-4-6-14(23)8-12/h4-10H,3H2,1-2H3,(H2,27,30). The molecule has 4 aromatic rings. The number of hydrogen-bond donors (Lipinski definition) is 1. The Morgan fingerprint density at radius 3 is 2.55 bits per heavy atom. The van der Waals surface area contributed by atoms with Gasteiger partial charge in [-0.2, -0.15) is 13.2 Å². The molecule has 0 bridgehead atoms. The second-order valence-electron chi connectivity index (χ2n) is 7.13. The van der Waals surface area contributed by atoms with Crippen LogP contribution in [0.4, 0.5) is 23.4 Å². The highest BCUT2D eigenvalue weighted by atomic mass is 19.4. The summed E-state index contributed by atoms with van der Waals surface area (Å²) in [7, 11) is 0. The predicted octanol–water partition coefficient (Wildman–Crippen LogP) is 4.68. The van der Waals surface area contributed by atoms with Crippen molar-refractivity contribution in [2.24, 2.45) is 0 Å². The number of ether oxygens (including phenoxy) is 1. The van der Waals surface area contributed by atoms with Crippen molar-refractivity contribution >= 4 is 17.4 Å². The number of esters is 1. The zero-order valence-corrected chi connectivity index (χ0v) is 17.4. The average molecular weight is 459 g/mol. The molecule has 1 aromatic carbocycles. The fourth-order valence-corrected chi connectivity index (χ4v) is 3.44. The third-order valence-corrected chi connectivity index (χ3v) is 4.73. The Balaban J connectivity index is 2.09. The minimum absolute atomic E-state index is 0.0382. The molecule has 0 amide bonds. The first-order valence-corrected chi connectivity index (χ1v) is 9.76. The van der Waals surface area contributed by atoms with E-state index in [0.29, 0.717) is 0 Å². The average Bonchev–Trinajstić information content (AvgIpc) is 3.19. The number of fused-ring (bicyclic) bond motifs is 1. The van der Waals surface area contributed by atoms with Gasteiger partial charge in [-0.25, -0.2) is 24.1 Å². The summed E-state index contributed by atoms with van der Waals surface area (Å²) in [5, 5.41) is 0. The van der Waals surface area contributed by atoms with Crippen LogP contribution in [0.5, 0.6) is 0 Å². The van der Waals surface area contributed by atoms with Gasteiger partial charge in [0.15, 0.2) is 17.2 Å². The summed E-state index contributed by atoms with van der Waals surface area (Å²) in [4.78, 5) is 24.3. The number of nitrogens with two attached hydrogens (primary N) is 1. The molecule has 4 rings (SSSR count). The minimum atomic E-state index is -4.70. The van der Waals surface area contributed by atoms with Crippen LogP contribution < -0.4 is 5.73 Å². The molecular formula is C22H17F4N5O2. The number of nitrogens with zero attached hydrogens (tertiary/aromatic N) is 4. The third-order valence-electron chi connectivity index (χ3n) is 4.73. The molecule has 0 unspecified atom stereocenters. The number of aryl methyl sites for hydroxylation is 1. The van der Waals surface area contributed by atoms with Crippen LogP contribution in [-0.2, 0) is 10.9 Å². The zero-order valence-electron chi connectivity index (χ0n) is 17.4. The molecule has 3 aromatic heterocycles. The van der Waals surface area contributed by atoms with Gasteiger partial charge in [-0.1, -0.05) is 12.1 Å². The summed E-state index contributed by atoms with van der Waals surface area (Å²) in [5.41, 5.74) is 5.57. The maximum Gasteiger partial charge on any atom is 0.433 e. The molecule has 7 nitrogen and oxygen atoms in total. The van der Waals surface area contributed by atoms with Crippen molar-refractivity contribution in [3.05, 3.63) is 65.5 Å². The maximum absolute atomic E-state index is 14.0. The first-order valence-electron chi connectivity index (χ1n) is 9.76. The van der Waals surface area contributed by atoms with E-state index < -0.39 is 23.7 Å². The van der Waals surface area contributed by atoms with E-state index in [1.165, 1.54) is 41.8 Å². The van der Waals surface area contributed by atoms with Gasteiger partial charge < -0.3 is 10.5 Å². The van der Waals surface area contributed by atoms with Gasteiger partial charge in [0.2, 0.25) is 0 Å². The number of pyridine rings is 1. The van der Waals surface area contributed by atoms with Gasteiger partial charge in [0.1, 0.15) is 11.5 Å². The van der Waals surface area contributed by atoms with Crippen molar-refractivity contribution in [3.8, 4) is 22.5 Å². The van der Waals surface area contributed by atoms with Crippen molar-refractivity contribution in [1.82, 2.24) is 19.4 Å². The molecule has 3 heterocycles. The first kappa shape index (κ1) is 22.2. The largest absolute Gasteiger partial charge is 0.461 e. The van der Waals surface area contributed by atoms with Crippen molar-refractivity contribution < 1.29 is 27.1 Å². The van der Waals surface area contributed by atoms with E-state index in [2.05, 4.69) is 15.0 Å². The highest BCUT2D eigenvalue weighted by molar-refractivity contribution is 5.90. The second kappa shape index (κ2) is 8.15. The van der Waals surface area contributed by atoms with Crippen LogP contribution in [0, 0.1) is 12.7 Å². The number of nitrogen functional groups attached to an aromatic ring is 1. The third kappa shape index (κ3) is 4.21. The van der Waals surface area contributed by atoms with E-state index in [1.807, 2.05) is 0 Å². The Bertz CT molecular complexity index is 1380. The first-order chi connectivity index (χ1) is 15.6. The van der Waals surface area contributed by atoms with Crippen molar-refractivity contribution in [2.75, 3.05) is 12.3 Å². The van der Waals surface area contributed by atoms with Crippen LogP contribution in [0.25, 0.3) is 28.2 Å². The fraction of sp³-hybridized carbons (Fsp3) is 0.182. The van der Waals surface area contributed by atoms with E-state index in [9.17, 15) is 22.4 Å². The van der Waals surface area contributed by atoms with Crippen LogP contribution in [0.1, 0.15) is 28.8 Å². The second-order valence-corrected chi connectivity index (χ2v) is 7.13. The number of imidazole rings is 1. The van der Waals surface area contributed by atoms with E-state index >= 15 is 0 Å². The molecule has 33 heavy (non-hydrogen) atoms. The summed E-state index contributed by atoms with van der Waals surface area (Å²) >= 11 is 0. The predicted molar refractivity (Wildman–Crippen MR) is 112 cm³/mol. The Hall–Kier alpha value is -4.02. The molecule has 0 aliphatic carbocycles.